The third-order valence-electron chi connectivity index (χ3n) is 3.22. The van der Waals surface area contributed by atoms with Gasteiger partial charge in [-0.05, 0) is 24.1 Å². The average Bonchev–Trinajstić information content (AvgIpc) is 2.86. The predicted molar refractivity (Wildman–Crippen MR) is 65.7 cm³/mol. The van der Waals surface area contributed by atoms with Gasteiger partial charge in [0.15, 0.2) is 11.5 Å². The Morgan fingerprint density at radius 2 is 2.06 bits per heavy atom. The van der Waals surface area contributed by atoms with Gasteiger partial charge in [0.25, 0.3) is 0 Å². The summed E-state index contributed by atoms with van der Waals surface area (Å²) in [7, 11) is 3.29. The van der Waals surface area contributed by atoms with E-state index in [0.29, 0.717) is 12.5 Å². The molecule has 0 bridgehead atoms. The molecule has 1 heterocycles. The van der Waals surface area contributed by atoms with Gasteiger partial charge in [0, 0.05) is 12.5 Å². The minimum Gasteiger partial charge on any atom is -0.493 e. The lowest BCUT2D eigenvalue weighted by Gasteiger charge is -2.12. The number of rotatable bonds is 4. The molecule has 0 amide bonds. The summed E-state index contributed by atoms with van der Waals surface area (Å²) in [6.45, 7) is 1.32. The molecule has 0 saturated carbocycles. The van der Waals surface area contributed by atoms with Crippen LogP contribution in [0, 0.1) is 0 Å². The molecule has 4 nitrogen and oxygen atoms in total. The second kappa shape index (κ2) is 5.38. The van der Waals surface area contributed by atoms with E-state index in [1.807, 2.05) is 12.1 Å². The van der Waals surface area contributed by atoms with Crippen LogP contribution < -0.4 is 15.2 Å². The molecule has 1 saturated heterocycles. The zero-order valence-electron chi connectivity index (χ0n) is 10.3. The lowest BCUT2D eigenvalue weighted by molar-refractivity contribution is 0.116. The monoisotopic (exact) mass is 237 g/mol. The molecule has 1 fully saturated rings. The Morgan fingerprint density at radius 3 is 2.65 bits per heavy atom. The van der Waals surface area contributed by atoms with Crippen LogP contribution in [0.5, 0.6) is 11.5 Å². The van der Waals surface area contributed by atoms with Gasteiger partial charge in [0.1, 0.15) is 0 Å². The van der Waals surface area contributed by atoms with Crippen molar-refractivity contribution in [3.8, 4) is 11.5 Å². The molecule has 1 aliphatic heterocycles. The van der Waals surface area contributed by atoms with Gasteiger partial charge in [0.05, 0.1) is 26.9 Å². The van der Waals surface area contributed by atoms with Crippen LogP contribution in [0.15, 0.2) is 18.2 Å². The van der Waals surface area contributed by atoms with Gasteiger partial charge in [-0.25, -0.2) is 0 Å². The topological polar surface area (TPSA) is 53.7 Å². The number of hydrogen-bond donors (Lipinski definition) is 1. The molecule has 2 rings (SSSR count). The molecule has 1 aromatic rings. The van der Waals surface area contributed by atoms with E-state index in [2.05, 4.69) is 6.07 Å². The Labute approximate surface area is 102 Å². The van der Waals surface area contributed by atoms with Crippen LogP contribution in [0.3, 0.4) is 0 Å². The molecule has 2 N–H and O–H groups in total. The minimum absolute atomic E-state index is 0.188. The third kappa shape index (κ3) is 2.53. The standard InChI is InChI=1S/C13H19NO3/c1-15-12-4-3-9(6-13(12)16-2)10-5-11(7-14)17-8-10/h3-4,6,10-11H,5,7-8,14H2,1-2H3. The van der Waals surface area contributed by atoms with Crippen molar-refractivity contribution in [1.29, 1.82) is 0 Å². The number of benzene rings is 1. The van der Waals surface area contributed by atoms with Crippen LogP contribution in [0.25, 0.3) is 0 Å². The molecular weight excluding hydrogens is 218 g/mol. The maximum absolute atomic E-state index is 5.61. The lowest BCUT2D eigenvalue weighted by Crippen LogP contribution is -2.18. The van der Waals surface area contributed by atoms with Crippen molar-refractivity contribution < 1.29 is 14.2 Å². The van der Waals surface area contributed by atoms with E-state index in [1.54, 1.807) is 14.2 Å². The maximum atomic E-state index is 5.61. The first-order valence-corrected chi connectivity index (χ1v) is 5.82. The maximum Gasteiger partial charge on any atom is 0.160 e. The average molecular weight is 237 g/mol. The van der Waals surface area contributed by atoms with Gasteiger partial charge in [0.2, 0.25) is 0 Å². The molecule has 4 heteroatoms. The molecule has 94 valence electrons. The zero-order valence-corrected chi connectivity index (χ0v) is 10.3. The summed E-state index contributed by atoms with van der Waals surface area (Å²) in [5.41, 5.74) is 6.83. The molecule has 0 radical (unpaired) electrons. The number of hydrogen-bond acceptors (Lipinski definition) is 4. The van der Waals surface area contributed by atoms with Crippen molar-refractivity contribution in [3.63, 3.8) is 0 Å². The summed E-state index contributed by atoms with van der Waals surface area (Å²) >= 11 is 0. The second-order valence-corrected chi connectivity index (χ2v) is 4.24. The van der Waals surface area contributed by atoms with Crippen molar-refractivity contribution in [1.82, 2.24) is 0 Å². The smallest absolute Gasteiger partial charge is 0.160 e. The largest absolute Gasteiger partial charge is 0.493 e. The first-order valence-electron chi connectivity index (χ1n) is 5.82. The molecule has 1 aromatic carbocycles. The van der Waals surface area contributed by atoms with Crippen LogP contribution in [0.1, 0.15) is 17.9 Å². The normalized spacial score (nSPS) is 23.7. The summed E-state index contributed by atoms with van der Waals surface area (Å²) in [4.78, 5) is 0. The Morgan fingerprint density at radius 1 is 1.29 bits per heavy atom. The highest BCUT2D eigenvalue weighted by atomic mass is 16.5. The minimum atomic E-state index is 0.188. The van der Waals surface area contributed by atoms with E-state index < -0.39 is 0 Å². The molecule has 1 aliphatic rings. The third-order valence-corrected chi connectivity index (χ3v) is 3.22. The Hall–Kier alpha value is -1.26. The van der Waals surface area contributed by atoms with E-state index in [-0.39, 0.29) is 6.10 Å². The summed E-state index contributed by atoms with van der Waals surface area (Å²) in [6, 6.07) is 6.02. The van der Waals surface area contributed by atoms with E-state index >= 15 is 0 Å². The van der Waals surface area contributed by atoms with Gasteiger partial charge in [-0.1, -0.05) is 6.07 Å². The molecule has 2 atom stereocenters. The number of methoxy groups -OCH3 is 2. The first kappa shape index (κ1) is 12.2. The predicted octanol–water partition coefficient (Wildman–Crippen LogP) is 1.53. The lowest BCUT2D eigenvalue weighted by atomic mass is 9.96. The Balaban J connectivity index is 2.16. The van der Waals surface area contributed by atoms with Crippen molar-refractivity contribution in [2.75, 3.05) is 27.4 Å². The first-order chi connectivity index (χ1) is 8.28. The van der Waals surface area contributed by atoms with E-state index in [4.69, 9.17) is 19.9 Å². The SMILES string of the molecule is COc1ccc(C2COC(CN)C2)cc1OC. The van der Waals surface area contributed by atoms with Crippen LogP contribution in [-0.4, -0.2) is 33.5 Å². The quantitative estimate of drug-likeness (QED) is 0.863. The second-order valence-electron chi connectivity index (χ2n) is 4.24. The highest BCUT2D eigenvalue weighted by Gasteiger charge is 2.26. The molecule has 0 aromatic heterocycles. The summed E-state index contributed by atoms with van der Waals surface area (Å²) in [6.07, 6.45) is 1.17. The summed E-state index contributed by atoms with van der Waals surface area (Å²) in [5.74, 6) is 1.93. The van der Waals surface area contributed by atoms with Crippen LogP contribution in [0.2, 0.25) is 0 Å². The fourth-order valence-corrected chi connectivity index (χ4v) is 2.21. The van der Waals surface area contributed by atoms with Crippen molar-refractivity contribution >= 4 is 0 Å². The molecule has 17 heavy (non-hydrogen) atoms. The Kier molecular flexibility index (Phi) is 3.86. The van der Waals surface area contributed by atoms with E-state index in [9.17, 15) is 0 Å². The van der Waals surface area contributed by atoms with Crippen LogP contribution in [0.4, 0.5) is 0 Å². The zero-order chi connectivity index (χ0) is 12.3. The van der Waals surface area contributed by atoms with Gasteiger partial charge in [-0.2, -0.15) is 0 Å². The molecule has 0 aliphatic carbocycles. The van der Waals surface area contributed by atoms with Crippen molar-refractivity contribution in [2.24, 2.45) is 5.73 Å². The van der Waals surface area contributed by atoms with E-state index in [1.165, 1.54) is 5.56 Å². The summed E-state index contributed by atoms with van der Waals surface area (Å²) < 4.78 is 16.1. The highest BCUT2D eigenvalue weighted by Crippen LogP contribution is 2.35. The Bertz CT molecular complexity index is 381. The van der Waals surface area contributed by atoms with Crippen LogP contribution >= 0.6 is 0 Å². The van der Waals surface area contributed by atoms with Crippen molar-refractivity contribution in [3.05, 3.63) is 23.8 Å². The molecule has 2 unspecified atom stereocenters. The van der Waals surface area contributed by atoms with Crippen LogP contribution in [-0.2, 0) is 4.74 Å². The van der Waals surface area contributed by atoms with Gasteiger partial charge < -0.3 is 19.9 Å². The van der Waals surface area contributed by atoms with Gasteiger partial charge in [-0.15, -0.1) is 0 Å². The number of nitrogens with two attached hydrogens (primary N) is 1. The van der Waals surface area contributed by atoms with Gasteiger partial charge in [-0.3, -0.25) is 0 Å². The van der Waals surface area contributed by atoms with E-state index in [0.717, 1.165) is 24.5 Å². The fourth-order valence-electron chi connectivity index (χ4n) is 2.21. The highest BCUT2D eigenvalue weighted by molar-refractivity contribution is 5.44. The molecule has 0 spiro atoms. The summed E-state index contributed by atoms with van der Waals surface area (Å²) in [5, 5.41) is 0. The van der Waals surface area contributed by atoms with Crippen molar-refractivity contribution in [2.45, 2.75) is 18.4 Å². The number of ether oxygens (including phenoxy) is 3. The molecular formula is C13H19NO3. The fraction of sp³-hybridized carbons (Fsp3) is 0.538. The van der Waals surface area contributed by atoms with Gasteiger partial charge >= 0.3 is 0 Å².